The molecule has 4 heteroatoms. The van der Waals surface area contributed by atoms with Crippen molar-refractivity contribution in [3.8, 4) is 11.8 Å². The molecule has 1 unspecified atom stereocenters. The Labute approximate surface area is 125 Å². The van der Waals surface area contributed by atoms with Crippen LogP contribution in [-0.2, 0) is 0 Å². The second-order valence-electron chi connectivity index (χ2n) is 5.88. The summed E-state index contributed by atoms with van der Waals surface area (Å²) >= 11 is 0. The number of aliphatic hydroxyl groups is 1. The Balaban J connectivity index is 2.30. The summed E-state index contributed by atoms with van der Waals surface area (Å²) in [6.45, 7) is 5.04. The summed E-state index contributed by atoms with van der Waals surface area (Å²) in [6, 6.07) is 5.61. The van der Waals surface area contributed by atoms with Gasteiger partial charge in [0.15, 0.2) is 0 Å². The van der Waals surface area contributed by atoms with E-state index in [4.69, 9.17) is 5.73 Å². The van der Waals surface area contributed by atoms with Crippen molar-refractivity contribution in [3.05, 3.63) is 34.9 Å². The zero-order valence-electron chi connectivity index (χ0n) is 12.6. The van der Waals surface area contributed by atoms with Gasteiger partial charge in [0, 0.05) is 18.7 Å². The first-order valence-electron chi connectivity index (χ1n) is 7.24. The molecule has 0 bridgehead atoms. The minimum atomic E-state index is -0.804. The quantitative estimate of drug-likeness (QED) is 0.765. The van der Waals surface area contributed by atoms with Crippen LogP contribution in [0.5, 0.6) is 0 Å². The van der Waals surface area contributed by atoms with Crippen molar-refractivity contribution < 1.29 is 9.90 Å². The van der Waals surface area contributed by atoms with Crippen LogP contribution in [0, 0.1) is 18.8 Å². The number of hydrogen-bond donors (Lipinski definition) is 2. The van der Waals surface area contributed by atoms with Gasteiger partial charge in [-0.1, -0.05) is 17.9 Å². The molecule has 0 radical (unpaired) electrons. The number of nitrogens with zero attached hydrogens (tertiary/aromatic N) is 1. The van der Waals surface area contributed by atoms with Crippen LogP contribution in [0.1, 0.15) is 41.3 Å². The number of benzene rings is 1. The third-order valence-corrected chi connectivity index (χ3v) is 3.69. The van der Waals surface area contributed by atoms with Crippen molar-refractivity contribution in [2.75, 3.05) is 19.6 Å². The molecule has 112 valence electrons. The smallest absolute Gasteiger partial charge is 0.255 e. The number of carbonyl (C=O) groups excluding carboxylic acids is 1. The third-order valence-electron chi connectivity index (χ3n) is 3.69. The lowest BCUT2D eigenvalue weighted by Crippen LogP contribution is -2.48. The highest BCUT2D eigenvalue weighted by Gasteiger charge is 2.31. The molecule has 3 N–H and O–H groups in total. The van der Waals surface area contributed by atoms with E-state index >= 15 is 0 Å². The molecule has 1 aliphatic heterocycles. The first kappa shape index (κ1) is 15.6. The number of amides is 1. The second-order valence-corrected chi connectivity index (χ2v) is 5.88. The number of β-amino-alcohol motifs (C(OH)–C–C–N with tert-alkyl or cyclic N) is 1. The van der Waals surface area contributed by atoms with Crippen molar-refractivity contribution >= 4 is 5.91 Å². The predicted molar refractivity (Wildman–Crippen MR) is 82.9 cm³/mol. The summed E-state index contributed by atoms with van der Waals surface area (Å²) < 4.78 is 0. The van der Waals surface area contributed by atoms with E-state index in [2.05, 4.69) is 11.8 Å². The molecule has 0 aromatic heterocycles. The van der Waals surface area contributed by atoms with Crippen LogP contribution in [0.15, 0.2) is 18.2 Å². The number of hydrogen-bond acceptors (Lipinski definition) is 3. The van der Waals surface area contributed by atoms with Crippen molar-refractivity contribution in [1.29, 1.82) is 0 Å². The standard InChI is InChI=1S/C17H22N2O2/c1-13-6-7-15(14(11-13)5-3-9-18)16(20)19-10-4-8-17(2,21)12-19/h6-7,11,21H,4,8-10,12,18H2,1-2H3. The summed E-state index contributed by atoms with van der Waals surface area (Å²) in [4.78, 5) is 14.4. The minimum absolute atomic E-state index is 0.0729. The Hall–Kier alpha value is -1.83. The molecule has 1 heterocycles. The van der Waals surface area contributed by atoms with Gasteiger partial charge in [-0.3, -0.25) is 4.79 Å². The lowest BCUT2D eigenvalue weighted by Gasteiger charge is -2.37. The summed E-state index contributed by atoms with van der Waals surface area (Å²) in [5.41, 5.74) is 6.95. The normalized spacial score (nSPS) is 21.6. The van der Waals surface area contributed by atoms with Gasteiger partial charge in [-0.15, -0.1) is 0 Å². The fourth-order valence-electron chi connectivity index (χ4n) is 2.66. The van der Waals surface area contributed by atoms with Crippen molar-refractivity contribution in [3.63, 3.8) is 0 Å². The van der Waals surface area contributed by atoms with E-state index in [1.807, 2.05) is 25.1 Å². The summed E-state index contributed by atoms with van der Waals surface area (Å²) in [7, 11) is 0. The predicted octanol–water partition coefficient (Wildman–Crippen LogP) is 1.29. The number of aryl methyl sites for hydroxylation is 1. The van der Waals surface area contributed by atoms with Crippen LogP contribution in [0.3, 0.4) is 0 Å². The van der Waals surface area contributed by atoms with Gasteiger partial charge < -0.3 is 15.7 Å². The van der Waals surface area contributed by atoms with Gasteiger partial charge in [0.1, 0.15) is 0 Å². The fourth-order valence-corrected chi connectivity index (χ4v) is 2.66. The van der Waals surface area contributed by atoms with E-state index in [0.717, 1.165) is 18.4 Å². The largest absolute Gasteiger partial charge is 0.388 e. The zero-order valence-corrected chi connectivity index (χ0v) is 12.6. The molecule has 1 saturated heterocycles. The summed E-state index contributed by atoms with van der Waals surface area (Å²) in [6.07, 6.45) is 1.54. The van der Waals surface area contributed by atoms with Crippen LogP contribution < -0.4 is 5.73 Å². The van der Waals surface area contributed by atoms with E-state index in [0.29, 0.717) is 24.2 Å². The van der Waals surface area contributed by atoms with E-state index < -0.39 is 5.60 Å². The number of nitrogens with two attached hydrogens (primary N) is 1. The maximum absolute atomic E-state index is 12.7. The van der Waals surface area contributed by atoms with Crippen LogP contribution >= 0.6 is 0 Å². The molecule has 2 rings (SSSR count). The van der Waals surface area contributed by atoms with E-state index in [1.165, 1.54) is 0 Å². The van der Waals surface area contributed by atoms with Crippen molar-refractivity contribution in [1.82, 2.24) is 4.90 Å². The lowest BCUT2D eigenvalue weighted by atomic mass is 9.94. The highest BCUT2D eigenvalue weighted by Crippen LogP contribution is 2.23. The molecule has 1 atom stereocenters. The molecule has 0 spiro atoms. The van der Waals surface area contributed by atoms with E-state index in [-0.39, 0.29) is 12.5 Å². The van der Waals surface area contributed by atoms with Gasteiger partial charge in [0.25, 0.3) is 5.91 Å². The molecule has 1 amide bonds. The third kappa shape index (κ3) is 3.84. The Morgan fingerprint density at radius 3 is 2.95 bits per heavy atom. The first-order chi connectivity index (χ1) is 9.93. The summed E-state index contributed by atoms with van der Waals surface area (Å²) in [5.74, 6) is 5.70. The van der Waals surface area contributed by atoms with Crippen molar-refractivity contribution in [2.45, 2.75) is 32.3 Å². The van der Waals surface area contributed by atoms with Gasteiger partial charge in [-0.05, 0) is 44.4 Å². The first-order valence-corrected chi connectivity index (χ1v) is 7.24. The molecule has 1 aromatic carbocycles. The Morgan fingerprint density at radius 2 is 2.29 bits per heavy atom. The Bertz CT molecular complexity index is 597. The zero-order chi connectivity index (χ0) is 15.5. The fraction of sp³-hybridized carbons (Fsp3) is 0.471. The van der Waals surface area contributed by atoms with Crippen LogP contribution in [0.25, 0.3) is 0 Å². The molecule has 4 nitrogen and oxygen atoms in total. The van der Waals surface area contributed by atoms with Crippen LogP contribution in [0.2, 0.25) is 0 Å². The molecular formula is C17H22N2O2. The SMILES string of the molecule is Cc1ccc(C(=O)N2CCCC(C)(O)C2)c(C#CCN)c1. The molecule has 21 heavy (non-hydrogen) atoms. The molecule has 1 aliphatic rings. The topological polar surface area (TPSA) is 66.6 Å². The lowest BCUT2D eigenvalue weighted by molar-refractivity contribution is -0.0107. The number of rotatable bonds is 1. The minimum Gasteiger partial charge on any atom is -0.388 e. The van der Waals surface area contributed by atoms with Crippen LogP contribution in [0.4, 0.5) is 0 Å². The van der Waals surface area contributed by atoms with Gasteiger partial charge >= 0.3 is 0 Å². The highest BCUT2D eigenvalue weighted by molar-refractivity contribution is 5.97. The van der Waals surface area contributed by atoms with Gasteiger partial charge in [0.05, 0.1) is 17.7 Å². The molecule has 0 aliphatic carbocycles. The Morgan fingerprint density at radius 1 is 1.52 bits per heavy atom. The monoisotopic (exact) mass is 286 g/mol. The van der Waals surface area contributed by atoms with Gasteiger partial charge in [-0.25, -0.2) is 0 Å². The Kier molecular flexibility index (Phi) is 4.66. The van der Waals surface area contributed by atoms with Gasteiger partial charge in [-0.2, -0.15) is 0 Å². The molecular weight excluding hydrogens is 264 g/mol. The maximum atomic E-state index is 12.7. The van der Waals surface area contributed by atoms with Crippen molar-refractivity contribution in [2.24, 2.45) is 5.73 Å². The molecule has 1 fully saturated rings. The van der Waals surface area contributed by atoms with E-state index in [9.17, 15) is 9.90 Å². The van der Waals surface area contributed by atoms with E-state index in [1.54, 1.807) is 11.8 Å². The average Bonchev–Trinajstić information content (AvgIpc) is 2.43. The van der Waals surface area contributed by atoms with Gasteiger partial charge in [0.2, 0.25) is 0 Å². The summed E-state index contributed by atoms with van der Waals surface area (Å²) in [5, 5.41) is 10.2. The number of likely N-dealkylation sites (tertiary alicyclic amines) is 1. The number of piperidine rings is 1. The second kappa shape index (κ2) is 6.30. The molecule has 1 aromatic rings. The highest BCUT2D eigenvalue weighted by atomic mass is 16.3. The maximum Gasteiger partial charge on any atom is 0.255 e. The van der Waals surface area contributed by atoms with Crippen LogP contribution in [-0.4, -0.2) is 41.1 Å². The molecule has 0 saturated carbocycles. The average molecular weight is 286 g/mol. The number of carbonyl (C=O) groups is 1.